The smallest absolute Gasteiger partial charge is 0.232 e. The molecule has 1 aliphatic heterocycles. The van der Waals surface area contributed by atoms with Gasteiger partial charge in [-0.05, 0) is 62.2 Å². The number of rotatable bonds is 4. The van der Waals surface area contributed by atoms with Crippen molar-refractivity contribution in [1.29, 1.82) is 0 Å². The molecule has 3 nitrogen and oxygen atoms in total. The van der Waals surface area contributed by atoms with Crippen LogP contribution in [0.5, 0.6) is 11.5 Å². The van der Waals surface area contributed by atoms with Crippen LogP contribution in [-0.4, -0.2) is 12.4 Å². The number of halogens is 1. The first kappa shape index (κ1) is 17.3. The van der Waals surface area contributed by atoms with Crippen molar-refractivity contribution in [3.63, 3.8) is 0 Å². The van der Waals surface area contributed by atoms with Crippen LogP contribution in [0.3, 0.4) is 0 Å². The van der Waals surface area contributed by atoms with E-state index in [1.165, 1.54) is 5.57 Å². The third-order valence-corrected chi connectivity index (χ3v) is 4.10. The molecule has 0 atom stereocenters. The van der Waals surface area contributed by atoms with Crippen molar-refractivity contribution in [1.82, 2.24) is 0 Å². The number of benzene rings is 2. The number of Topliss-reactive ketones (excluding diaryl/α,β-unsaturated/α-hetero) is 1. The minimum Gasteiger partial charge on any atom is -0.489 e. The highest BCUT2D eigenvalue weighted by molar-refractivity contribution is 6.30. The van der Waals surface area contributed by atoms with Crippen LogP contribution in [0.15, 0.2) is 53.8 Å². The van der Waals surface area contributed by atoms with Gasteiger partial charge in [-0.2, -0.15) is 0 Å². The van der Waals surface area contributed by atoms with E-state index >= 15 is 0 Å². The van der Waals surface area contributed by atoms with Gasteiger partial charge in [-0.3, -0.25) is 4.79 Å². The van der Waals surface area contributed by atoms with Gasteiger partial charge in [0.1, 0.15) is 18.1 Å². The highest BCUT2D eigenvalue weighted by atomic mass is 35.5. The van der Waals surface area contributed by atoms with Gasteiger partial charge in [0.25, 0.3) is 0 Å². The van der Waals surface area contributed by atoms with Crippen LogP contribution < -0.4 is 9.47 Å². The van der Waals surface area contributed by atoms with Crippen molar-refractivity contribution in [2.75, 3.05) is 6.61 Å². The van der Waals surface area contributed by atoms with Gasteiger partial charge < -0.3 is 9.47 Å². The summed E-state index contributed by atoms with van der Waals surface area (Å²) in [5.41, 5.74) is 3.49. The molecule has 3 rings (SSSR count). The van der Waals surface area contributed by atoms with Crippen molar-refractivity contribution in [3.8, 4) is 11.5 Å². The Hall–Kier alpha value is -2.52. The first-order chi connectivity index (χ1) is 11.9. The fourth-order valence-corrected chi connectivity index (χ4v) is 2.70. The van der Waals surface area contributed by atoms with Crippen LogP contribution in [0.25, 0.3) is 6.08 Å². The summed E-state index contributed by atoms with van der Waals surface area (Å²) in [6.45, 7) is 6.42. The Kier molecular flexibility index (Phi) is 4.95. The molecule has 128 valence electrons. The Morgan fingerprint density at radius 2 is 1.92 bits per heavy atom. The van der Waals surface area contributed by atoms with Gasteiger partial charge in [-0.1, -0.05) is 29.3 Å². The summed E-state index contributed by atoms with van der Waals surface area (Å²) in [4.78, 5) is 12.6. The molecule has 0 bridgehead atoms. The Morgan fingerprint density at radius 1 is 1.20 bits per heavy atom. The second-order valence-corrected chi connectivity index (χ2v) is 6.63. The molecule has 0 spiro atoms. The highest BCUT2D eigenvalue weighted by Gasteiger charge is 2.29. The van der Waals surface area contributed by atoms with E-state index in [2.05, 4.69) is 0 Å². The van der Waals surface area contributed by atoms with Gasteiger partial charge in [0.05, 0.1) is 5.56 Å². The first-order valence-electron chi connectivity index (χ1n) is 8.04. The van der Waals surface area contributed by atoms with Crippen molar-refractivity contribution in [2.45, 2.75) is 20.8 Å². The molecule has 2 aromatic carbocycles. The van der Waals surface area contributed by atoms with E-state index < -0.39 is 0 Å². The number of hydrogen-bond donors (Lipinski definition) is 0. The van der Waals surface area contributed by atoms with E-state index in [0.29, 0.717) is 34.5 Å². The second-order valence-electron chi connectivity index (χ2n) is 6.20. The molecule has 0 fully saturated rings. The van der Waals surface area contributed by atoms with Gasteiger partial charge >= 0.3 is 0 Å². The maximum absolute atomic E-state index is 12.6. The number of ether oxygens (including phenoxy) is 2. The topological polar surface area (TPSA) is 35.5 Å². The largest absolute Gasteiger partial charge is 0.489 e. The molecule has 1 heterocycles. The molecule has 0 N–H and O–H groups in total. The quantitative estimate of drug-likeness (QED) is 0.528. The molecule has 25 heavy (non-hydrogen) atoms. The number of fused-ring (bicyclic) bond motifs is 1. The average Bonchev–Trinajstić information content (AvgIpc) is 2.85. The molecule has 0 aliphatic carbocycles. The molecule has 0 radical (unpaired) electrons. The SMILES string of the molecule is CC(C)=CCOc1cc(C)c2c(c1)O/C(=C\c1ccc(Cl)cc1)C2=O. The summed E-state index contributed by atoms with van der Waals surface area (Å²) < 4.78 is 11.5. The number of carbonyl (C=O) groups is 1. The van der Waals surface area contributed by atoms with E-state index in [-0.39, 0.29) is 5.78 Å². The molecule has 1 aliphatic rings. The van der Waals surface area contributed by atoms with E-state index in [1.807, 2.05) is 45.0 Å². The Morgan fingerprint density at radius 3 is 2.60 bits per heavy atom. The number of carbonyl (C=O) groups excluding carboxylic acids is 1. The lowest BCUT2D eigenvalue weighted by Gasteiger charge is -2.07. The van der Waals surface area contributed by atoms with Gasteiger partial charge in [-0.25, -0.2) is 0 Å². The first-order valence-corrected chi connectivity index (χ1v) is 8.42. The molecule has 0 saturated heterocycles. The summed E-state index contributed by atoms with van der Waals surface area (Å²) in [7, 11) is 0. The van der Waals surface area contributed by atoms with Gasteiger partial charge in [0, 0.05) is 11.1 Å². The molecule has 0 aromatic heterocycles. The molecule has 4 heteroatoms. The zero-order valence-corrected chi connectivity index (χ0v) is 15.2. The summed E-state index contributed by atoms with van der Waals surface area (Å²) in [5.74, 6) is 1.42. The molecule has 0 amide bonds. The standard InChI is InChI=1S/C21H19ClO3/c1-13(2)8-9-24-17-10-14(3)20-18(12-17)25-19(21(20)23)11-15-4-6-16(22)7-5-15/h4-8,10-12H,9H2,1-3H3/b19-11-. The van der Waals surface area contributed by atoms with Crippen molar-refractivity contribution in [3.05, 3.63) is 75.5 Å². The average molecular weight is 355 g/mol. The lowest BCUT2D eigenvalue weighted by atomic mass is 10.0. The molecule has 0 unspecified atom stereocenters. The number of allylic oxidation sites excluding steroid dienone is 2. The summed E-state index contributed by atoms with van der Waals surface area (Å²) >= 11 is 5.89. The minimum absolute atomic E-state index is 0.113. The molecular formula is C21H19ClO3. The van der Waals surface area contributed by atoms with E-state index in [1.54, 1.807) is 24.3 Å². The molecule has 2 aromatic rings. The van der Waals surface area contributed by atoms with Crippen LogP contribution in [0.2, 0.25) is 5.02 Å². The van der Waals surface area contributed by atoms with Gasteiger partial charge in [-0.15, -0.1) is 0 Å². The zero-order chi connectivity index (χ0) is 18.0. The third-order valence-electron chi connectivity index (χ3n) is 3.85. The summed E-state index contributed by atoms with van der Waals surface area (Å²) in [6, 6.07) is 10.9. The third kappa shape index (κ3) is 3.94. The minimum atomic E-state index is -0.113. The van der Waals surface area contributed by atoms with Crippen molar-refractivity contribution >= 4 is 23.5 Å². The Bertz CT molecular complexity index is 873. The highest BCUT2D eigenvalue weighted by Crippen LogP contribution is 2.37. The molecular weight excluding hydrogens is 336 g/mol. The fourth-order valence-electron chi connectivity index (χ4n) is 2.58. The summed E-state index contributed by atoms with van der Waals surface area (Å²) in [5, 5.41) is 0.651. The van der Waals surface area contributed by atoms with Gasteiger partial charge in [0.15, 0.2) is 5.76 Å². The van der Waals surface area contributed by atoms with Crippen molar-refractivity contribution < 1.29 is 14.3 Å². The van der Waals surface area contributed by atoms with E-state index in [0.717, 1.165) is 11.1 Å². The normalized spacial score (nSPS) is 14.2. The van der Waals surface area contributed by atoms with Crippen LogP contribution in [0.4, 0.5) is 0 Å². The predicted molar refractivity (Wildman–Crippen MR) is 100 cm³/mol. The monoisotopic (exact) mass is 354 g/mol. The predicted octanol–water partition coefficient (Wildman–Crippen LogP) is 5.61. The number of ketones is 1. The van der Waals surface area contributed by atoms with E-state index in [9.17, 15) is 4.79 Å². The maximum atomic E-state index is 12.6. The van der Waals surface area contributed by atoms with Crippen LogP contribution in [0, 0.1) is 6.92 Å². The number of hydrogen-bond acceptors (Lipinski definition) is 3. The Balaban J connectivity index is 1.86. The van der Waals surface area contributed by atoms with Crippen LogP contribution >= 0.6 is 11.6 Å². The Labute approximate surface area is 152 Å². The van der Waals surface area contributed by atoms with Crippen LogP contribution in [0.1, 0.15) is 35.3 Å². The van der Waals surface area contributed by atoms with E-state index in [4.69, 9.17) is 21.1 Å². The maximum Gasteiger partial charge on any atom is 0.232 e. The second kappa shape index (κ2) is 7.16. The lowest BCUT2D eigenvalue weighted by Crippen LogP contribution is -2.00. The zero-order valence-electron chi connectivity index (χ0n) is 14.4. The number of aryl methyl sites for hydroxylation is 1. The fraction of sp³-hybridized carbons (Fsp3) is 0.190. The van der Waals surface area contributed by atoms with Gasteiger partial charge in [0.2, 0.25) is 5.78 Å². The van der Waals surface area contributed by atoms with Crippen LogP contribution in [-0.2, 0) is 0 Å². The molecule has 0 saturated carbocycles. The lowest BCUT2D eigenvalue weighted by molar-refractivity contribution is 0.101. The summed E-state index contributed by atoms with van der Waals surface area (Å²) in [6.07, 6.45) is 3.72. The van der Waals surface area contributed by atoms with Crippen molar-refractivity contribution in [2.24, 2.45) is 0 Å².